The maximum absolute atomic E-state index is 14.1. The molecule has 1 atom stereocenters. The highest BCUT2D eigenvalue weighted by molar-refractivity contribution is 9.10. The maximum Gasteiger partial charge on any atom is 0.188 e. The van der Waals surface area contributed by atoms with Crippen LogP contribution in [0.4, 0.5) is 0 Å². The lowest BCUT2D eigenvalue weighted by Gasteiger charge is -2.40. The Morgan fingerprint density at radius 3 is 2.32 bits per heavy atom. The summed E-state index contributed by atoms with van der Waals surface area (Å²) in [4.78, 5) is 14.1. The summed E-state index contributed by atoms with van der Waals surface area (Å²) in [6.07, 6.45) is 4.98. The van der Waals surface area contributed by atoms with Gasteiger partial charge in [-0.25, -0.2) is 0 Å². The van der Waals surface area contributed by atoms with E-state index in [-0.39, 0.29) is 17.1 Å². The number of Topliss-reactive ketones (excluding diaryl/α,β-unsaturated/α-hetero) is 1. The van der Waals surface area contributed by atoms with E-state index < -0.39 is 0 Å². The number of allylic oxidation sites excluding steroid dienone is 4. The fourth-order valence-corrected chi connectivity index (χ4v) is 5.21. The molecule has 4 heteroatoms. The Morgan fingerprint density at radius 1 is 0.971 bits per heavy atom. The molecule has 0 aromatic heterocycles. The zero-order valence-corrected chi connectivity index (χ0v) is 21.5. The molecule has 0 spiro atoms. The third kappa shape index (κ3) is 4.43. The maximum atomic E-state index is 14.1. The second-order valence-corrected chi connectivity index (χ2v) is 10.8. The molecule has 2 aliphatic rings. The summed E-state index contributed by atoms with van der Waals surface area (Å²) in [6.45, 7) is 4.31. The summed E-state index contributed by atoms with van der Waals surface area (Å²) in [6, 6.07) is 26.2. The monoisotopic (exact) mass is 529 g/mol. The second-order valence-electron chi connectivity index (χ2n) is 9.49. The Labute approximate surface area is 214 Å². The van der Waals surface area contributed by atoms with E-state index in [1.807, 2.05) is 66.7 Å². The van der Waals surface area contributed by atoms with E-state index in [9.17, 15) is 4.79 Å². The molecule has 0 saturated carbocycles. The Morgan fingerprint density at radius 2 is 1.65 bits per heavy atom. The van der Waals surface area contributed by atoms with Crippen LogP contribution in [-0.2, 0) is 4.79 Å². The lowest BCUT2D eigenvalue weighted by Crippen LogP contribution is -2.37. The van der Waals surface area contributed by atoms with Gasteiger partial charge in [0.05, 0.1) is 0 Å². The van der Waals surface area contributed by atoms with Gasteiger partial charge in [0.2, 0.25) is 0 Å². The van der Waals surface area contributed by atoms with Crippen molar-refractivity contribution in [3.8, 4) is 0 Å². The van der Waals surface area contributed by atoms with E-state index in [1.54, 1.807) is 0 Å². The standard InChI is InChI=1S/C30H25BrClNO/c1-30(2)18-27-28(29(34)25(30)16-19-6-4-3-5-7-19)24(20-10-14-23(32)15-11-20)17-26(33-27)21-8-12-22(31)13-9-21/h3-17,24,33H,18H2,1-2H3/b25-16+. The van der Waals surface area contributed by atoms with Gasteiger partial charge in [0, 0.05) is 38.0 Å². The second kappa shape index (κ2) is 9.05. The number of rotatable bonds is 3. The van der Waals surface area contributed by atoms with Crippen molar-refractivity contribution in [1.82, 2.24) is 5.32 Å². The molecule has 5 rings (SSSR count). The molecule has 0 fully saturated rings. The summed E-state index contributed by atoms with van der Waals surface area (Å²) >= 11 is 9.71. The first-order valence-corrected chi connectivity index (χ1v) is 12.5. The van der Waals surface area contributed by atoms with E-state index in [0.29, 0.717) is 5.02 Å². The normalized spacial score (nSPS) is 20.6. The van der Waals surface area contributed by atoms with Crippen LogP contribution in [0.5, 0.6) is 0 Å². The van der Waals surface area contributed by atoms with E-state index in [0.717, 1.165) is 50.1 Å². The minimum absolute atomic E-state index is 0.105. The van der Waals surface area contributed by atoms with Gasteiger partial charge in [-0.2, -0.15) is 0 Å². The number of halogens is 2. The van der Waals surface area contributed by atoms with Gasteiger partial charge in [-0.05, 0) is 64.9 Å². The lowest BCUT2D eigenvalue weighted by molar-refractivity contribution is -0.113. The highest BCUT2D eigenvalue weighted by Crippen LogP contribution is 2.48. The van der Waals surface area contributed by atoms with Gasteiger partial charge in [-0.3, -0.25) is 4.79 Å². The third-order valence-corrected chi connectivity index (χ3v) is 7.37. The molecular formula is C30H25BrClNO. The highest BCUT2D eigenvalue weighted by Gasteiger charge is 2.42. The van der Waals surface area contributed by atoms with Crippen molar-refractivity contribution in [1.29, 1.82) is 0 Å². The van der Waals surface area contributed by atoms with Crippen LogP contribution in [-0.4, -0.2) is 5.78 Å². The average molecular weight is 531 g/mol. The molecule has 3 aromatic rings. The molecule has 0 saturated heterocycles. The van der Waals surface area contributed by atoms with Gasteiger partial charge in [0.1, 0.15) is 0 Å². The number of carbonyl (C=O) groups is 1. The van der Waals surface area contributed by atoms with Crippen molar-refractivity contribution < 1.29 is 4.79 Å². The molecule has 34 heavy (non-hydrogen) atoms. The molecule has 1 heterocycles. The molecule has 0 amide bonds. The number of ketones is 1. The van der Waals surface area contributed by atoms with Crippen LogP contribution in [0, 0.1) is 5.41 Å². The van der Waals surface area contributed by atoms with E-state index in [2.05, 4.69) is 59.4 Å². The number of carbonyl (C=O) groups excluding carboxylic acids is 1. The molecule has 0 bridgehead atoms. The quantitative estimate of drug-likeness (QED) is 0.346. The molecule has 1 N–H and O–H groups in total. The van der Waals surface area contributed by atoms with Crippen molar-refractivity contribution in [2.75, 3.05) is 0 Å². The van der Waals surface area contributed by atoms with Crippen LogP contribution in [0.15, 0.2) is 106 Å². The van der Waals surface area contributed by atoms with E-state index in [1.165, 1.54) is 0 Å². The minimum Gasteiger partial charge on any atom is -0.358 e. The highest BCUT2D eigenvalue weighted by atomic mass is 79.9. The SMILES string of the molecule is CC1(C)CC2=C(C(=O)/C1=C\c1ccccc1)C(c1ccc(Cl)cc1)C=C(c1ccc(Br)cc1)N2. The molecule has 1 aliphatic heterocycles. The Kier molecular flexibility index (Phi) is 6.09. The van der Waals surface area contributed by atoms with Crippen LogP contribution in [0.3, 0.4) is 0 Å². The van der Waals surface area contributed by atoms with Gasteiger partial charge in [-0.15, -0.1) is 0 Å². The third-order valence-electron chi connectivity index (χ3n) is 6.59. The van der Waals surface area contributed by atoms with Crippen LogP contribution in [0.25, 0.3) is 11.8 Å². The van der Waals surface area contributed by atoms with Gasteiger partial charge < -0.3 is 5.32 Å². The van der Waals surface area contributed by atoms with E-state index >= 15 is 0 Å². The predicted octanol–water partition coefficient (Wildman–Crippen LogP) is 8.17. The first-order valence-electron chi connectivity index (χ1n) is 11.4. The van der Waals surface area contributed by atoms with Gasteiger partial charge >= 0.3 is 0 Å². The number of benzene rings is 3. The van der Waals surface area contributed by atoms with Crippen molar-refractivity contribution in [2.24, 2.45) is 5.41 Å². The topological polar surface area (TPSA) is 29.1 Å². The lowest BCUT2D eigenvalue weighted by atomic mass is 9.67. The summed E-state index contributed by atoms with van der Waals surface area (Å²) in [7, 11) is 0. The van der Waals surface area contributed by atoms with Crippen molar-refractivity contribution in [3.63, 3.8) is 0 Å². The minimum atomic E-state index is -0.300. The largest absolute Gasteiger partial charge is 0.358 e. The summed E-state index contributed by atoms with van der Waals surface area (Å²) in [5, 5.41) is 4.31. The number of nitrogens with one attached hydrogen (secondary N) is 1. The molecule has 0 radical (unpaired) electrons. The van der Waals surface area contributed by atoms with Crippen molar-refractivity contribution in [2.45, 2.75) is 26.2 Å². The zero-order valence-electron chi connectivity index (χ0n) is 19.1. The van der Waals surface area contributed by atoms with Gasteiger partial charge in [0.25, 0.3) is 0 Å². The molecular weight excluding hydrogens is 506 g/mol. The van der Waals surface area contributed by atoms with Crippen molar-refractivity contribution >= 4 is 45.1 Å². The Hall–Kier alpha value is -2.88. The van der Waals surface area contributed by atoms with Gasteiger partial charge in [0.15, 0.2) is 5.78 Å². The van der Waals surface area contributed by atoms with Crippen LogP contribution in [0.1, 0.15) is 42.9 Å². The fraction of sp³-hybridized carbons (Fsp3) is 0.167. The first kappa shape index (κ1) is 22.9. The number of dihydropyridines is 1. The van der Waals surface area contributed by atoms with Crippen molar-refractivity contribution in [3.05, 3.63) is 128 Å². The number of hydrogen-bond donors (Lipinski definition) is 1. The average Bonchev–Trinajstić information content (AvgIpc) is 2.82. The molecule has 1 unspecified atom stereocenters. The Balaban J connectivity index is 1.64. The molecule has 2 nitrogen and oxygen atoms in total. The van der Waals surface area contributed by atoms with Crippen LogP contribution in [0.2, 0.25) is 5.02 Å². The first-order chi connectivity index (χ1) is 16.3. The predicted molar refractivity (Wildman–Crippen MR) is 144 cm³/mol. The fourth-order valence-electron chi connectivity index (χ4n) is 4.82. The molecule has 170 valence electrons. The van der Waals surface area contributed by atoms with E-state index in [4.69, 9.17) is 11.6 Å². The summed E-state index contributed by atoms with van der Waals surface area (Å²) in [5.74, 6) is -0.0522. The van der Waals surface area contributed by atoms with Crippen LogP contribution < -0.4 is 5.32 Å². The molecule has 3 aromatic carbocycles. The van der Waals surface area contributed by atoms with Gasteiger partial charge in [-0.1, -0.05) is 96.0 Å². The van der Waals surface area contributed by atoms with Crippen LogP contribution >= 0.6 is 27.5 Å². The zero-order chi connectivity index (χ0) is 23.9. The molecule has 1 aliphatic carbocycles. The summed E-state index contributed by atoms with van der Waals surface area (Å²) < 4.78 is 1.03. The summed E-state index contributed by atoms with van der Waals surface area (Å²) in [5.41, 5.74) is 6.57. The Bertz CT molecular complexity index is 1330. The smallest absolute Gasteiger partial charge is 0.188 e. The number of hydrogen-bond acceptors (Lipinski definition) is 2.